The van der Waals surface area contributed by atoms with Crippen molar-refractivity contribution in [3.63, 3.8) is 0 Å². The molecule has 4 nitrogen and oxygen atoms in total. The summed E-state index contributed by atoms with van der Waals surface area (Å²) in [6.45, 7) is 5.75. The normalized spacial score (nSPS) is 21.3. The van der Waals surface area contributed by atoms with Crippen LogP contribution in [0, 0.1) is 0 Å². The van der Waals surface area contributed by atoms with E-state index in [1.807, 2.05) is 6.33 Å². The number of hydrogen-bond acceptors (Lipinski definition) is 3. The fraction of sp³-hybridized carbons (Fsp3) is 0.786. The standard InChI is InChI=1S/C14H24N4/c1-2-6-17(7-3-1)8-9-18-11-14(16-12-18)10-15-13-4-5-13/h11-13,15H,1-10H2. The second-order valence-corrected chi connectivity index (χ2v) is 5.66. The molecule has 4 heteroatoms. The molecule has 0 atom stereocenters. The topological polar surface area (TPSA) is 33.1 Å². The molecule has 1 aromatic heterocycles. The minimum absolute atomic E-state index is 0.767. The van der Waals surface area contributed by atoms with Crippen molar-refractivity contribution in [3.05, 3.63) is 18.2 Å². The number of hydrogen-bond donors (Lipinski definition) is 1. The zero-order valence-electron chi connectivity index (χ0n) is 11.1. The number of rotatable bonds is 6. The largest absolute Gasteiger partial charge is 0.336 e. The highest BCUT2D eigenvalue weighted by Gasteiger charge is 2.20. The van der Waals surface area contributed by atoms with Crippen LogP contribution in [-0.4, -0.2) is 40.1 Å². The molecule has 1 aliphatic carbocycles. The smallest absolute Gasteiger partial charge is 0.0950 e. The summed E-state index contributed by atoms with van der Waals surface area (Å²) in [5.41, 5.74) is 1.18. The Kier molecular flexibility index (Phi) is 3.96. The highest BCUT2D eigenvalue weighted by Crippen LogP contribution is 2.19. The van der Waals surface area contributed by atoms with Gasteiger partial charge in [0.05, 0.1) is 12.0 Å². The monoisotopic (exact) mass is 248 g/mol. The molecule has 18 heavy (non-hydrogen) atoms. The van der Waals surface area contributed by atoms with Crippen LogP contribution in [0.2, 0.25) is 0 Å². The van der Waals surface area contributed by atoms with Crippen molar-refractivity contribution in [3.8, 4) is 0 Å². The molecule has 100 valence electrons. The number of nitrogens with one attached hydrogen (secondary N) is 1. The van der Waals surface area contributed by atoms with E-state index in [1.165, 1.54) is 57.4 Å². The Labute approximate surface area is 109 Å². The van der Waals surface area contributed by atoms with Gasteiger partial charge in [-0.05, 0) is 38.8 Å². The Hall–Kier alpha value is -0.870. The van der Waals surface area contributed by atoms with E-state index in [0.29, 0.717) is 0 Å². The third-order valence-electron chi connectivity index (χ3n) is 3.96. The molecule has 1 N–H and O–H groups in total. The summed E-state index contributed by atoms with van der Waals surface area (Å²) in [7, 11) is 0. The fourth-order valence-electron chi connectivity index (χ4n) is 2.60. The van der Waals surface area contributed by atoms with Gasteiger partial charge in [-0.2, -0.15) is 0 Å². The Morgan fingerprint density at radius 3 is 2.78 bits per heavy atom. The highest BCUT2D eigenvalue weighted by molar-refractivity contribution is 4.98. The number of imidazole rings is 1. The molecule has 1 saturated carbocycles. The van der Waals surface area contributed by atoms with Crippen LogP contribution in [0.3, 0.4) is 0 Å². The van der Waals surface area contributed by atoms with Crippen LogP contribution < -0.4 is 5.32 Å². The van der Waals surface area contributed by atoms with Gasteiger partial charge in [0.15, 0.2) is 0 Å². The minimum Gasteiger partial charge on any atom is -0.336 e. The van der Waals surface area contributed by atoms with Crippen molar-refractivity contribution in [2.75, 3.05) is 19.6 Å². The molecule has 2 fully saturated rings. The molecule has 3 rings (SSSR count). The third kappa shape index (κ3) is 3.56. The molecule has 0 aromatic carbocycles. The van der Waals surface area contributed by atoms with Crippen molar-refractivity contribution in [2.45, 2.75) is 51.2 Å². The van der Waals surface area contributed by atoms with Crippen LogP contribution in [0.5, 0.6) is 0 Å². The van der Waals surface area contributed by atoms with Crippen LogP contribution in [0.15, 0.2) is 12.5 Å². The first-order chi connectivity index (χ1) is 8.90. The lowest BCUT2D eigenvalue weighted by Crippen LogP contribution is -2.32. The van der Waals surface area contributed by atoms with Gasteiger partial charge in [0.1, 0.15) is 0 Å². The minimum atomic E-state index is 0.767. The molecule has 2 aliphatic rings. The summed E-state index contributed by atoms with van der Waals surface area (Å²) < 4.78 is 2.23. The average Bonchev–Trinajstić information content (AvgIpc) is 3.14. The summed E-state index contributed by atoms with van der Waals surface area (Å²) in [6, 6.07) is 0.767. The quantitative estimate of drug-likeness (QED) is 0.830. The third-order valence-corrected chi connectivity index (χ3v) is 3.96. The van der Waals surface area contributed by atoms with E-state index in [-0.39, 0.29) is 0 Å². The summed E-state index contributed by atoms with van der Waals surface area (Å²) in [6.07, 6.45) is 11.0. The van der Waals surface area contributed by atoms with Crippen LogP contribution in [0.1, 0.15) is 37.8 Å². The van der Waals surface area contributed by atoms with Crippen LogP contribution in [-0.2, 0) is 13.1 Å². The lowest BCUT2D eigenvalue weighted by atomic mass is 10.1. The summed E-state index contributed by atoms with van der Waals surface area (Å²) in [4.78, 5) is 7.04. The number of piperidine rings is 1. The fourth-order valence-corrected chi connectivity index (χ4v) is 2.60. The zero-order chi connectivity index (χ0) is 12.2. The van der Waals surface area contributed by atoms with Gasteiger partial charge in [-0.15, -0.1) is 0 Å². The predicted octanol–water partition coefficient (Wildman–Crippen LogP) is 1.62. The van der Waals surface area contributed by atoms with Crippen molar-refractivity contribution in [2.24, 2.45) is 0 Å². The maximum Gasteiger partial charge on any atom is 0.0950 e. The Bertz CT molecular complexity index is 364. The maximum atomic E-state index is 4.46. The van der Waals surface area contributed by atoms with Crippen molar-refractivity contribution in [1.29, 1.82) is 0 Å². The summed E-state index contributed by atoms with van der Waals surface area (Å²) in [5, 5.41) is 3.51. The summed E-state index contributed by atoms with van der Waals surface area (Å²) >= 11 is 0. The first-order valence-corrected chi connectivity index (χ1v) is 7.36. The van der Waals surface area contributed by atoms with E-state index in [2.05, 4.69) is 26.0 Å². The van der Waals surface area contributed by atoms with E-state index < -0.39 is 0 Å². The first kappa shape index (κ1) is 12.2. The average molecular weight is 248 g/mol. The Balaban J connectivity index is 1.41. The highest BCUT2D eigenvalue weighted by atomic mass is 15.2. The van der Waals surface area contributed by atoms with Gasteiger partial charge in [0.2, 0.25) is 0 Å². The summed E-state index contributed by atoms with van der Waals surface area (Å²) in [5.74, 6) is 0. The molecule has 0 spiro atoms. The van der Waals surface area contributed by atoms with Gasteiger partial charge in [0.25, 0.3) is 0 Å². The van der Waals surface area contributed by atoms with E-state index in [4.69, 9.17) is 0 Å². The van der Waals surface area contributed by atoms with E-state index in [0.717, 1.165) is 19.1 Å². The van der Waals surface area contributed by atoms with Gasteiger partial charge < -0.3 is 14.8 Å². The van der Waals surface area contributed by atoms with Crippen LogP contribution >= 0.6 is 0 Å². The zero-order valence-corrected chi connectivity index (χ0v) is 11.1. The van der Waals surface area contributed by atoms with Gasteiger partial charge in [-0.1, -0.05) is 6.42 Å². The maximum absolute atomic E-state index is 4.46. The van der Waals surface area contributed by atoms with E-state index in [1.54, 1.807) is 0 Å². The second-order valence-electron chi connectivity index (χ2n) is 5.66. The molecule has 0 unspecified atom stereocenters. The molecule has 0 amide bonds. The number of aromatic nitrogens is 2. The molecule has 0 bridgehead atoms. The lowest BCUT2D eigenvalue weighted by Gasteiger charge is -2.26. The molecule has 2 heterocycles. The van der Waals surface area contributed by atoms with E-state index >= 15 is 0 Å². The van der Waals surface area contributed by atoms with E-state index in [9.17, 15) is 0 Å². The second kappa shape index (κ2) is 5.85. The Morgan fingerprint density at radius 2 is 2.00 bits per heavy atom. The van der Waals surface area contributed by atoms with Crippen LogP contribution in [0.4, 0.5) is 0 Å². The van der Waals surface area contributed by atoms with Gasteiger partial charge in [0, 0.05) is 31.9 Å². The van der Waals surface area contributed by atoms with Crippen molar-refractivity contribution >= 4 is 0 Å². The molecule has 1 aromatic rings. The number of likely N-dealkylation sites (tertiary alicyclic amines) is 1. The Morgan fingerprint density at radius 1 is 1.17 bits per heavy atom. The molecule has 1 saturated heterocycles. The van der Waals surface area contributed by atoms with Crippen LogP contribution in [0.25, 0.3) is 0 Å². The molecule has 1 aliphatic heterocycles. The lowest BCUT2D eigenvalue weighted by molar-refractivity contribution is 0.221. The first-order valence-electron chi connectivity index (χ1n) is 7.36. The van der Waals surface area contributed by atoms with Gasteiger partial charge in [-0.3, -0.25) is 0 Å². The molecule has 0 radical (unpaired) electrons. The molecular weight excluding hydrogens is 224 g/mol. The molecular formula is C14H24N4. The number of nitrogens with zero attached hydrogens (tertiary/aromatic N) is 3. The van der Waals surface area contributed by atoms with Crippen molar-refractivity contribution < 1.29 is 0 Å². The van der Waals surface area contributed by atoms with Gasteiger partial charge >= 0.3 is 0 Å². The van der Waals surface area contributed by atoms with Gasteiger partial charge in [-0.25, -0.2) is 4.98 Å². The van der Waals surface area contributed by atoms with Crippen molar-refractivity contribution in [1.82, 2.24) is 19.8 Å². The predicted molar refractivity (Wildman–Crippen MR) is 72.4 cm³/mol. The SMILES string of the molecule is c1nc(CNC2CC2)cn1CCN1CCCCC1.